The number of hydrogen-bond acceptors (Lipinski definition) is 4. The standard InChI is InChI=1S/C17H20N6/c1-22-11-19-9-14(22)5-3-12-2-4-13(8-12)23-7-6-15-16(18)20-10-21-17(15)23/h3,5-7,9-13H,2,4,8H2,1H3,(H2,18,20,21)/b5-3+. The van der Waals surface area contributed by atoms with Gasteiger partial charge < -0.3 is 14.9 Å². The summed E-state index contributed by atoms with van der Waals surface area (Å²) in [6.07, 6.45) is 15.3. The van der Waals surface area contributed by atoms with Crippen molar-refractivity contribution in [3.63, 3.8) is 0 Å². The Hall–Kier alpha value is -2.63. The van der Waals surface area contributed by atoms with E-state index in [4.69, 9.17) is 5.73 Å². The second-order valence-corrected chi connectivity index (χ2v) is 6.23. The number of nitrogens with two attached hydrogens (primary N) is 1. The molecular formula is C17H20N6. The third kappa shape index (κ3) is 2.50. The fraction of sp³-hybridized carbons (Fsp3) is 0.353. The molecule has 6 heteroatoms. The molecule has 0 radical (unpaired) electrons. The molecule has 0 saturated heterocycles. The molecule has 0 bridgehead atoms. The number of anilines is 1. The minimum atomic E-state index is 0.475. The monoisotopic (exact) mass is 308 g/mol. The van der Waals surface area contributed by atoms with Crippen molar-refractivity contribution in [2.24, 2.45) is 13.0 Å². The summed E-state index contributed by atoms with van der Waals surface area (Å²) in [6, 6.07) is 2.49. The summed E-state index contributed by atoms with van der Waals surface area (Å²) in [7, 11) is 2.01. The highest BCUT2D eigenvalue weighted by Gasteiger charge is 2.25. The van der Waals surface area contributed by atoms with E-state index < -0.39 is 0 Å². The van der Waals surface area contributed by atoms with Gasteiger partial charge in [0.2, 0.25) is 0 Å². The maximum Gasteiger partial charge on any atom is 0.145 e. The molecule has 0 spiro atoms. The van der Waals surface area contributed by atoms with Crippen LogP contribution in [0, 0.1) is 5.92 Å². The number of aromatic nitrogens is 5. The number of aryl methyl sites for hydroxylation is 1. The zero-order valence-electron chi connectivity index (χ0n) is 13.1. The molecule has 1 saturated carbocycles. The van der Waals surface area contributed by atoms with Crippen molar-refractivity contribution in [1.29, 1.82) is 0 Å². The molecule has 3 aromatic rings. The summed E-state index contributed by atoms with van der Waals surface area (Å²) in [5.74, 6) is 1.14. The maximum atomic E-state index is 5.93. The minimum Gasteiger partial charge on any atom is -0.383 e. The minimum absolute atomic E-state index is 0.475. The molecule has 1 aliphatic rings. The van der Waals surface area contributed by atoms with Gasteiger partial charge >= 0.3 is 0 Å². The van der Waals surface area contributed by atoms with Gasteiger partial charge in [0.05, 0.1) is 23.6 Å². The summed E-state index contributed by atoms with van der Waals surface area (Å²) < 4.78 is 4.29. The first-order chi connectivity index (χ1) is 11.2. The maximum absolute atomic E-state index is 5.93. The normalized spacial score (nSPS) is 21.6. The number of hydrogen-bond donors (Lipinski definition) is 1. The topological polar surface area (TPSA) is 74.5 Å². The van der Waals surface area contributed by atoms with E-state index in [0.717, 1.165) is 29.6 Å². The van der Waals surface area contributed by atoms with Crippen LogP contribution in [0.3, 0.4) is 0 Å². The van der Waals surface area contributed by atoms with Gasteiger partial charge in [-0.25, -0.2) is 15.0 Å². The van der Waals surface area contributed by atoms with Crippen molar-refractivity contribution in [2.45, 2.75) is 25.3 Å². The highest BCUT2D eigenvalue weighted by atomic mass is 15.1. The SMILES string of the molecule is Cn1cncc1/C=C/C1CCC(n2ccc3c(N)ncnc32)C1. The van der Waals surface area contributed by atoms with E-state index in [1.807, 2.05) is 30.2 Å². The van der Waals surface area contributed by atoms with Gasteiger partial charge in [0.25, 0.3) is 0 Å². The highest BCUT2D eigenvalue weighted by Crippen LogP contribution is 2.37. The van der Waals surface area contributed by atoms with Crippen LogP contribution < -0.4 is 5.73 Å². The van der Waals surface area contributed by atoms with Crippen molar-refractivity contribution < 1.29 is 0 Å². The molecule has 1 aliphatic carbocycles. The second-order valence-electron chi connectivity index (χ2n) is 6.23. The van der Waals surface area contributed by atoms with Crippen molar-refractivity contribution >= 4 is 22.9 Å². The quantitative estimate of drug-likeness (QED) is 0.807. The van der Waals surface area contributed by atoms with E-state index in [1.165, 1.54) is 6.42 Å². The van der Waals surface area contributed by atoms with E-state index in [2.05, 4.69) is 37.9 Å². The lowest BCUT2D eigenvalue weighted by Gasteiger charge is -2.13. The smallest absolute Gasteiger partial charge is 0.145 e. The Balaban J connectivity index is 1.53. The molecule has 23 heavy (non-hydrogen) atoms. The summed E-state index contributed by atoms with van der Waals surface area (Å²) in [5.41, 5.74) is 8.01. The third-order valence-electron chi connectivity index (χ3n) is 4.77. The highest BCUT2D eigenvalue weighted by molar-refractivity contribution is 5.86. The summed E-state index contributed by atoms with van der Waals surface area (Å²) in [6.45, 7) is 0. The number of allylic oxidation sites excluding steroid dienone is 1. The van der Waals surface area contributed by atoms with E-state index in [-0.39, 0.29) is 0 Å². The molecule has 3 aromatic heterocycles. The lowest BCUT2D eigenvalue weighted by atomic mass is 10.1. The molecule has 6 nitrogen and oxygen atoms in total. The van der Waals surface area contributed by atoms with Gasteiger partial charge in [0.1, 0.15) is 17.8 Å². The first-order valence-corrected chi connectivity index (χ1v) is 7.94. The van der Waals surface area contributed by atoms with Gasteiger partial charge in [-0.15, -0.1) is 0 Å². The zero-order valence-corrected chi connectivity index (χ0v) is 13.1. The predicted molar refractivity (Wildman–Crippen MR) is 90.6 cm³/mol. The largest absolute Gasteiger partial charge is 0.383 e. The van der Waals surface area contributed by atoms with Crippen LogP contribution in [0.1, 0.15) is 31.0 Å². The van der Waals surface area contributed by atoms with Gasteiger partial charge in [0.15, 0.2) is 0 Å². The van der Waals surface area contributed by atoms with Crippen molar-refractivity contribution in [1.82, 2.24) is 24.1 Å². The van der Waals surface area contributed by atoms with Crippen LogP contribution in [0.25, 0.3) is 17.1 Å². The first-order valence-electron chi connectivity index (χ1n) is 7.94. The van der Waals surface area contributed by atoms with Gasteiger partial charge in [0, 0.05) is 19.3 Å². The number of rotatable bonds is 3. The molecular weight excluding hydrogens is 288 g/mol. The second kappa shape index (κ2) is 5.53. The Labute approximate surface area is 134 Å². The molecule has 2 unspecified atom stereocenters. The van der Waals surface area contributed by atoms with Crippen LogP contribution in [0.4, 0.5) is 5.82 Å². The Morgan fingerprint density at radius 3 is 3.04 bits per heavy atom. The van der Waals surface area contributed by atoms with E-state index in [9.17, 15) is 0 Å². The molecule has 2 N–H and O–H groups in total. The summed E-state index contributed by atoms with van der Waals surface area (Å²) in [5, 5.41) is 0.946. The molecule has 0 aliphatic heterocycles. The first kappa shape index (κ1) is 14.0. The van der Waals surface area contributed by atoms with Gasteiger partial charge in [-0.2, -0.15) is 0 Å². The number of nitrogens with zero attached hydrogens (tertiary/aromatic N) is 5. The van der Waals surface area contributed by atoms with Crippen LogP contribution in [0.2, 0.25) is 0 Å². The van der Waals surface area contributed by atoms with E-state index >= 15 is 0 Å². The molecule has 1 fully saturated rings. The summed E-state index contributed by atoms with van der Waals surface area (Å²) >= 11 is 0. The van der Waals surface area contributed by atoms with Crippen LogP contribution in [-0.2, 0) is 7.05 Å². The van der Waals surface area contributed by atoms with Gasteiger partial charge in [-0.05, 0) is 37.3 Å². The van der Waals surface area contributed by atoms with Crippen LogP contribution in [0.15, 0.2) is 37.2 Å². The van der Waals surface area contributed by atoms with Gasteiger partial charge in [-0.1, -0.05) is 6.08 Å². The fourth-order valence-electron chi connectivity index (χ4n) is 3.47. The lowest BCUT2D eigenvalue weighted by Crippen LogP contribution is -2.05. The average molecular weight is 308 g/mol. The van der Waals surface area contributed by atoms with Crippen LogP contribution >= 0.6 is 0 Å². The van der Waals surface area contributed by atoms with Crippen molar-refractivity contribution in [3.05, 3.63) is 42.9 Å². The zero-order chi connectivity index (χ0) is 15.8. The number of nitrogen functional groups attached to an aromatic ring is 1. The van der Waals surface area contributed by atoms with Crippen molar-refractivity contribution in [2.75, 3.05) is 5.73 Å². The Morgan fingerprint density at radius 1 is 1.30 bits per heavy atom. The van der Waals surface area contributed by atoms with Crippen LogP contribution in [-0.4, -0.2) is 24.1 Å². The molecule has 0 aromatic carbocycles. The molecule has 2 atom stereocenters. The van der Waals surface area contributed by atoms with Crippen LogP contribution in [0.5, 0.6) is 0 Å². The molecule has 4 rings (SSSR count). The molecule has 118 valence electrons. The Morgan fingerprint density at radius 2 is 2.22 bits per heavy atom. The lowest BCUT2D eigenvalue weighted by molar-refractivity contribution is 0.518. The number of imidazole rings is 1. The predicted octanol–water partition coefficient (Wildman–Crippen LogP) is 2.80. The van der Waals surface area contributed by atoms with Gasteiger partial charge in [-0.3, -0.25) is 0 Å². The summed E-state index contributed by atoms with van der Waals surface area (Å²) in [4.78, 5) is 12.6. The number of fused-ring (bicyclic) bond motifs is 1. The van der Waals surface area contributed by atoms with E-state index in [1.54, 1.807) is 6.33 Å². The van der Waals surface area contributed by atoms with Crippen molar-refractivity contribution in [3.8, 4) is 0 Å². The van der Waals surface area contributed by atoms with E-state index in [0.29, 0.717) is 17.8 Å². The Kier molecular flexibility index (Phi) is 3.37. The fourth-order valence-corrected chi connectivity index (χ4v) is 3.47. The third-order valence-corrected chi connectivity index (χ3v) is 4.77. The Bertz CT molecular complexity index is 859. The average Bonchev–Trinajstić information content (AvgIpc) is 3.24. The molecule has 0 amide bonds. The molecule has 3 heterocycles.